The van der Waals surface area contributed by atoms with Crippen molar-refractivity contribution >= 4 is 22.8 Å². The summed E-state index contributed by atoms with van der Waals surface area (Å²) in [6.45, 7) is 0.424. The first-order valence-electron chi connectivity index (χ1n) is 13.1. The van der Waals surface area contributed by atoms with Crippen LogP contribution >= 0.6 is 0 Å². The third kappa shape index (κ3) is 7.76. The number of halogens is 5. The molecule has 1 saturated carbocycles. The number of benzene rings is 2. The highest BCUT2D eigenvalue weighted by molar-refractivity contribution is 5.94. The Morgan fingerprint density at radius 1 is 1.05 bits per heavy atom. The topological polar surface area (TPSA) is 127 Å². The van der Waals surface area contributed by atoms with Gasteiger partial charge >= 0.3 is 12.1 Å². The second-order valence-corrected chi connectivity index (χ2v) is 9.92. The van der Waals surface area contributed by atoms with Gasteiger partial charge in [-0.3, -0.25) is 9.48 Å². The van der Waals surface area contributed by atoms with Crippen LogP contribution in [0.1, 0.15) is 42.1 Å². The average molecular weight is 607 g/mol. The van der Waals surface area contributed by atoms with Gasteiger partial charge in [-0.05, 0) is 55.9 Å². The molecule has 1 aliphatic carbocycles. The van der Waals surface area contributed by atoms with Gasteiger partial charge in [0.25, 0.3) is 5.91 Å². The lowest BCUT2D eigenvalue weighted by atomic mass is 9.86. The normalized spacial score (nSPS) is 16.7. The van der Waals surface area contributed by atoms with Crippen LogP contribution < -0.4 is 10.1 Å². The van der Waals surface area contributed by atoms with Crippen molar-refractivity contribution in [3.8, 4) is 22.9 Å². The summed E-state index contributed by atoms with van der Waals surface area (Å²) in [5.74, 6) is -5.87. The number of rotatable bonds is 6. The largest absolute Gasteiger partial charge is 0.503 e. The molecule has 0 aliphatic heterocycles. The zero-order chi connectivity index (χ0) is 31.3. The third-order valence-corrected chi connectivity index (χ3v) is 7.02. The Morgan fingerprint density at radius 2 is 1.70 bits per heavy atom. The van der Waals surface area contributed by atoms with E-state index in [1.807, 2.05) is 41.1 Å². The van der Waals surface area contributed by atoms with Gasteiger partial charge in [0.05, 0.1) is 24.4 Å². The number of nitrogens with zero attached hydrogens (tertiary/aromatic N) is 3. The van der Waals surface area contributed by atoms with E-state index >= 15 is 0 Å². The highest BCUT2D eigenvalue weighted by atomic mass is 19.4. The fourth-order valence-corrected chi connectivity index (χ4v) is 4.72. The number of carboxylic acids is 1. The first-order chi connectivity index (χ1) is 20.3. The Hall–Kier alpha value is -4.75. The number of hydrogen-bond donors (Lipinski definition) is 3. The van der Waals surface area contributed by atoms with Crippen LogP contribution in [0.25, 0.3) is 22.2 Å². The summed E-state index contributed by atoms with van der Waals surface area (Å²) in [6, 6.07) is 13.7. The number of aromatic nitrogens is 3. The predicted octanol–water partition coefficient (Wildman–Crippen LogP) is 5.89. The van der Waals surface area contributed by atoms with Gasteiger partial charge in [-0.1, -0.05) is 18.2 Å². The molecule has 4 aromatic rings. The lowest BCUT2D eigenvalue weighted by Crippen LogP contribution is -2.31. The fraction of sp³-hybridized carbons (Fsp3) is 0.310. The summed E-state index contributed by atoms with van der Waals surface area (Å²) in [4.78, 5) is 25.7. The molecule has 228 valence electrons. The first-order valence-corrected chi connectivity index (χ1v) is 13.1. The number of phenolic OH excluding ortho intramolecular Hbond substituents is 1. The van der Waals surface area contributed by atoms with Crippen molar-refractivity contribution < 1.29 is 46.5 Å². The maximum absolute atomic E-state index is 13.5. The summed E-state index contributed by atoms with van der Waals surface area (Å²) in [7, 11) is 1.59. The standard InChI is InChI=1S/C27H26F2N4O3.C2HF3O2/c1-36-25-4-2-3-23(31-25)17-7-8-18-15-33(32-24(18)13-17)20-9-5-16(6-10-20)14-30-27(35)19-11-21(28)26(34)22(29)12-19;3-2(4,5)1(6)7/h2-4,7-8,11-13,15-16,20,34H,5-6,9-10,14H2,1H3,(H,30,35);(H,6,7). The van der Waals surface area contributed by atoms with Crippen molar-refractivity contribution in [2.75, 3.05) is 13.7 Å². The van der Waals surface area contributed by atoms with Gasteiger partial charge in [0.2, 0.25) is 5.88 Å². The monoisotopic (exact) mass is 606 g/mol. The van der Waals surface area contributed by atoms with Crippen LogP contribution in [0.15, 0.2) is 54.7 Å². The molecule has 0 bridgehead atoms. The van der Waals surface area contributed by atoms with Crippen LogP contribution in [0.3, 0.4) is 0 Å². The Balaban J connectivity index is 0.000000541. The number of aromatic hydroxyl groups is 1. The minimum absolute atomic E-state index is 0.150. The van der Waals surface area contributed by atoms with Gasteiger partial charge in [-0.15, -0.1) is 0 Å². The van der Waals surface area contributed by atoms with E-state index in [1.165, 1.54) is 0 Å². The number of aliphatic carboxylic acids is 1. The smallest absolute Gasteiger partial charge is 0.490 e. The van der Waals surface area contributed by atoms with Crippen LogP contribution in [0, 0.1) is 17.6 Å². The molecule has 0 unspecified atom stereocenters. The number of nitrogens with one attached hydrogen (secondary N) is 1. The lowest BCUT2D eigenvalue weighted by Gasteiger charge is -2.28. The van der Waals surface area contributed by atoms with E-state index in [-0.39, 0.29) is 17.5 Å². The number of ether oxygens (including phenoxy) is 1. The van der Waals surface area contributed by atoms with Crippen molar-refractivity contribution in [2.45, 2.75) is 37.9 Å². The predicted molar refractivity (Wildman–Crippen MR) is 145 cm³/mol. The molecule has 3 N–H and O–H groups in total. The van der Waals surface area contributed by atoms with Crippen molar-refractivity contribution in [3.63, 3.8) is 0 Å². The molecule has 1 aliphatic rings. The minimum Gasteiger partial charge on any atom is -0.503 e. The minimum atomic E-state index is -5.08. The number of carbonyl (C=O) groups excluding carboxylic acids is 1. The van der Waals surface area contributed by atoms with Gasteiger partial charge in [0, 0.05) is 35.3 Å². The highest BCUT2D eigenvalue weighted by Gasteiger charge is 2.38. The van der Waals surface area contributed by atoms with E-state index in [0.29, 0.717) is 12.4 Å². The molecule has 5 rings (SSSR count). The molecule has 1 fully saturated rings. The Kier molecular flexibility index (Phi) is 9.46. The van der Waals surface area contributed by atoms with E-state index in [1.54, 1.807) is 7.11 Å². The third-order valence-electron chi connectivity index (χ3n) is 7.02. The van der Waals surface area contributed by atoms with Crippen LogP contribution in [-0.4, -0.2) is 56.7 Å². The van der Waals surface area contributed by atoms with E-state index in [4.69, 9.17) is 19.7 Å². The molecule has 0 atom stereocenters. The molecule has 0 saturated heterocycles. The van der Waals surface area contributed by atoms with Crippen molar-refractivity contribution in [2.24, 2.45) is 5.92 Å². The van der Waals surface area contributed by atoms with Gasteiger partial charge in [0.15, 0.2) is 17.4 Å². The molecule has 43 heavy (non-hydrogen) atoms. The van der Waals surface area contributed by atoms with Gasteiger partial charge in [-0.25, -0.2) is 18.6 Å². The maximum atomic E-state index is 13.5. The molecule has 9 nitrogen and oxygen atoms in total. The molecule has 2 aromatic carbocycles. The van der Waals surface area contributed by atoms with Crippen molar-refractivity contribution in [1.29, 1.82) is 0 Å². The summed E-state index contributed by atoms with van der Waals surface area (Å²) >= 11 is 0. The number of carboxylic acid groups (broad SMARTS) is 1. The average Bonchev–Trinajstić information content (AvgIpc) is 3.42. The number of hydrogen-bond acceptors (Lipinski definition) is 6. The van der Waals surface area contributed by atoms with E-state index in [9.17, 15) is 31.9 Å². The number of phenols is 1. The molecular formula is C29H27F5N4O5. The van der Waals surface area contributed by atoms with Gasteiger partial charge < -0.3 is 20.3 Å². The van der Waals surface area contributed by atoms with E-state index in [0.717, 1.165) is 60.0 Å². The van der Waals surface area contributed by atoms with Crippen molar-refractivity contribution in [3.05, 3.63) is 71.9 Å². The molecule has 0 radical (unpaired) electrons. The lowest BCUT2D eigenvalue weighted by molar-refractivity contribution is -0.192. The molecule has 0 spiro atoms. The van der Waals surface area contributed by atoms with Crippen molar-refractivity contribution in [1.82, 2.24) is 20.1 Å². The van der Waals surface area contributed by atoms with Gasteiger partial charge in [-0.2, -0.15) is 18.3 Å². The molecule has 2 aromatic heterocycles. The molecule has 1 amide bonds. The zero-order valence-electron chi connectivity index (χ0n) is 22.7. The van der Waals surface area contributed by atoms with Crippen LogP contribution in [-0.2, 0) is 4.79 Å². The number of amides is 1. The summed E-state index contributed by atoms with van der Waals surface area (Å²) in [6.07, 6.45) is 0.623. The fourth-order valence-electron chi connectivity index (χ4n) is 4.72. The van der Waals surface area contributed by atoms with Gasteiger partial charge in [0.1, 0.15) is 0 Å². The Bertz CT molecular complexity index is 1590. The Morgan fingerprint density at radius 3 is 2.30 bits per heavy atom. The number of carbonyl (C=O) groups is 2. The van der Waals surface area contributed by atoms with Crippen LogP contribution in [0.5, 0.6) is 11.6 Å². The van der Waals surface area contributed by atoms with E-state index < -0.39 is 35.4 Å². The first kappa shape index (κ1) is 31.2. The number of fused-ring (bicyclic) bond motifs is 1. The molecular weight excluding hydrogens is 579 g/mol. The van der Waals surface area contributed by atoms with E-state index in [2.05, 4.69) is 16.5 Å². The Labute approximate surface area is 241 Å². The number of methoxy groups -OCH3 is 1. The second-order valence-electron chi connectivity index (χ2n) is 9.92. The van der Waals surface area contributed by atoms with Crippen LogP contribution in [0.4, 0.5) is 22.0 Å². The summed E-state index contributed by atoms with van der Waals surface area (Å²) < 4.78 is 66.1. The number of alkyl halides is 3. The zero-order valence-corrected chi connectivity index (χ0v) is 22.7. The molecule has 14 heteroatoms. The second kappa shape index (κ2) is 13.0. The van der Waals surface area contributed by atoms with Crippen LogP contribution in [0.2, 0.25) is 0 Å². The summed E-state index contributed by atoms with van der Waals surface area (Å²) in [5, 5.41) is 25.0. The molecule has 2 heterocycles. The SMILES string of the molecule is COc1cccc(-c2ccc3cn(C4CCC(CNC(=O)c5cc(F)c(O)c(F)c5)CC4)nc3c2)n1.O=C(O)C(F)(F)F. The summed E-state index contributed by atoms with van der Waals surface area (Å²) in [5.41, 5.74) is 2.55. The quantitative estimate of drug-likeness (QED) is 0.234. The highest BCUT2D eigenvalue weighted by Crippen LogP contribution is 2.33. The maximum Gasteiger partial charge on any atom is 0.490 e. The number of pyridine rings is 1.